The van der Waals surface area contributed by atoms with Crippen molar-refractivity contribution in [1.29, 1.82) is 0 Å². The molecule has 1 rings (SSSR count). The minimum Gasteiger partial charge on any atom is -0.313 e. The molecular formula is C11H17N3. The molecule has 0 fully saturated rings. The van der Waals surface area contributed by atoms with Crippen LogP contribution in [0.25, 0.3) is 6.08 Å². The molecule has 14 heavy (non-hydrogen) atoms. The molecule has 0 saturated carbocycles. The summed E-state index contributed by atoms with van der Waals surface area (Å²) in [6, 6.07) is 1.91. The van der Waals surface area contributed by atoms with Gasteiger partial charge < -0.3 is 5.32 Å². The quantitative estimate of drug-likeness (QED) is 0.722. The fraction of sp³-hybridized carbons (Fsp3) is 0.455. The number of aromatic nitrogens is 2. The third-order valence-corrected chi connectivity index (χ3v) is 1.83. The fourth-order valence-corrected chi connectivity index (χ4v) is 1.15. The summed E-state index contributed by atoms with van der Waals surface area (Å²) in [6.07, 6.45) is 6.56. The average Bonchev–Trinajstić information content (AvgIpc) is 2.20. The molecule has 0 bridgehead atoms. The highest BCUT2D eigenvalue weighted by molar-refractivity contribution is 5.47. The molecule has 0 aliphatic heterocycles. The van der Waals surface area contributed by atoms with Crippen LogP contribution in [0.3, 0.4) is 0 Å². The van der Waals surface area contributed by atoms with E-state index < -0.39 is 0 Å². The van der Waals surface area contributed by atoms with Gasteiger partial charge in [0.05, 0.1) is 5.69 Å². The van der Waals surface area contributed by atoms with Crippen LogP contribution in [0.2, 0.25) is 0 Å². The molecule has 76 valence electrons. The lowest BCUT2D eigenvalue weighted by Gasteiger charge is -2.02. The largest absolute Gasteiger partial charge is 0.313 e. The van der Waals surface area contributed by atoms with E-state index in [1.165, 1.54) is 12.0 Å². The Morgan fingerprint density at radius 3 is 3.07 bits per heavy atom. The van der Waals surface area contributed by atoms with Crippen molar-refractivity contribution in [2.75, 3.05) is 13.1 Å². The van der Waals surface area contributed by atoms with Crippen LogP contribution in [0.15, 0.2) is 24.2 Å². The van der Waals surface area contributed by atoms with Crippen molar-refractivity contribution in [3.8, 4) is 0 Å². The van der Waals surface area contributed by atoms with Gasteiger partial charge in [0, 0.05) is 12.7 Å². The van der Waals surface area contributed by atoms with E-state index in [-0.39, 0.29) is 0 Å². The van der Waals surface area contributed by atoms with Gasteiger partial charge in [0.1, 0.15) is 6.33 Å². The Labute approximate surface area is 85.3 Å². The Bertz CT molecular complexity index is 280. The van der Waals surface area contributed by atoms with Gasteiger partial charge in [0.25, 0.3) is 0 Å². The van der Waals surface area contributed by atoms with Crippen molar-refractivity contribution < 1.29 is 0 Å². The fourth-order valence-electron chi connectivity index (χ4n) is 1.15. The highest BCUT2D eigenvalue weighted by Gasteiger charge is 1.91. The topological polar surface area (TPSA) is 37.8 Å². The summed E-state index contributed by atoms with van der Waals surface area (Å²) in [5.74, 6) is 0. The molecule has 0 aliphatic rings. The molecule has 3 nitrogen and oxygen atoms in total. The van der Waals surface area contributed by atoms with Crippen molar-refractivity contribution in [2.45, 2.75) is 20.3 Å². The highest BCUT2D eigenvalue weighted by atomic mass is 14.8. The first kappa shape index (κ1) is 10.9. The first-order valence-corrected chi connectivity index (χ1v) is 4.97. The first-order chi connectivity index (χ1) is 6.83. The zero-order valence-electron chi connectivity index (χ0n) is 8.83. The maximum absolute atomic E-state index is 4.13. The summed E-state index contributed by atoms with van der Waals surface area (Å²) < 4.78 is 0. The Morgan fingerprint density at radius 2 is 2.43 bits per heavy atom. The summed E-state index contributed by atoms with van der Waals surface area (Å²) >= 11 is 0. The van der Waals surface area contributed by atoms with Crippen LogP contribution >= 0.6 is 0 Å². The van der Waals surface area contributed by atoms with Crippen LogP contribution in [0.5, 0.6) is 0 Å². The van der Waals surface area contributed by atoms with E-state index in [2.05, 4.69) is 35.2 Å². The molecule has 0 aliphatic carbocycles. The molecule has 0 aromatic carbocycles. The zero-order chi connectivity index (χ0) is 10.2. The van der Waals surface area contributed by atoms with Crippen LogP contribution in [0.4, 0.5) is 0 Å². The van der Waals surface area contributed by atoms with Crippen LogP contribution < -0.4 is 5.32 Å². The molecule has 3 heteroatoms. The second-order valence-corrected chi connectivity index (χ2v) is 3.30. The van der Waals surface area contributed by atoms with Gasteiger partial charge >= 0.3 is 0 Å². The van der Waals surface area contributed by atoms with Crippen molar-refractivity contribution in [1.82, 2.24) is 15.3 Å². The molecule has 0 radical (unpaired) electrons. The Morgan fingerprint density at radius 1 is 1.57 bits per heavy atom. The van der Waals surface area contributed by atoms with Crippen LogP contribution in [-0.4, -0.2) is 23.1 Å². The molecular weight excluding hydrogens is 174 g/mol. The van der Waals surface area contributed by atoms with Gasteiger partial charge in [-0.25, -0.2) is 9.97 Å². The predicted molar refractivity (Wildman–Crippen MR) is 58.8 cm³/mol. The normalized spacial score (nSPS) is 11.7. The Hall–Kier alpha value is -1.22. The van der Waals surface area contributed by atoms with Crippen LogP contribution in [0.1, 0.15) is 26.0 Å². The van der Waals surface area contributed by atoms with Gasteiger partial charge in [0.2, 0.25) is 0 Å². The minimum atomic E-state index is 0.928. The van der Waals surface area contributed by atoms with E-state index in [0.29, 0.717) is 0 Å². The second kappa shape index (κ2) is 6.27. The number of rotatable bonds is 5. The van der Waals surface area contributed by atoms with Crippen LogP contribution in [0, 0.1) is 0 Å². The lowest BCUT2D eigenvalue weighted by atomic mass is 10.2. The van der Waals surface area contributed by atoms with Crippen molar-refractivity contribution in [3.05, 3.63) is 29.9 Å². The first-order valence-electron chi connectivity index (χ1n) is 4.97. The minimum absolute atomic E-state index is 0.928. The molecule has 1 heterocycles. The van der Waals surface area contributed by atoms with Gasteiger partial charge in [-0.2, -0.15) is 0 Å². The maximum Gasteiger partial charge on any atom is 0.115 e. The van der Waals surface area contributed by atoms with Gasteiger partial charge in [-0.1, -0.05) is 12.5 Å². The van der Waals surface area contributed by atoms with Gasteiger partial charge in [-0.3, -0.25) is 0 Å². The van der Waals surface area contributed by atoms with E-state index >= 15 is 0 Å². The molecule has 0 amide bonds. The van der Waals surface area contributed by atoms with Crippen LogP contribution in [-0.2, 0) is 0 Å². The van der Waals surface area contributed by atoms with E-state index in [0.717, 1.165) is 18.8 Å². The van der Waals surface area contributed by atoms with Gasteiger partial charge in [-0.15, -0.1) is 0 Å². The predicted octanol–water partition coefficient (Wildman–Crippen LogP) is 1.88. The van der Waals surface area contributed by atoms with Gasteiger partial charge in [0.15, 0.2) is 0 Å². The zero-order valence-corrected chi connectivity index (χ0v) is 8.83. The standard InChI is InChI=1S/C11H17N3/c1-3-5-12-8-10(2)7-11-4-6-13-9-14-11/h4,6-7,9,12H,3,5,8H2,1-2H3. The molecule has 0 saturated heterocycles. The average molecular weight is 191 g/mol. The number of hydrogen-bond acceptors (Lipinski definition) is 3. The molecule has 0 atom stereocenters. The van der Waals surface area contributed by atoms with E-state index in [4.69, 9.17) is 0 Å². The van der Waals surface area contributed by atoms with E-state index in [1.54, 1.807) is 12.5 Å². The van der Waals surface area contributed by atoms with Crippen molar-refractivity contribution in [3.63, 3.8) is 0 Å². The highest BCUT2D eigenvalue weighted by Crippen LogP contribution is 2.00. The molecule has 1 aromatic rings. The Balaban J connectivity index is 2.43. The lowest BCUT2D eigenvalue weighted by molar-refractivity contribution is 0.715. The van der Waals surface area contributed by atoms with E-state index in [1.807, 2.05) is 6.07 Å². The van der Waals surface area contributed by atoms with Crippen molar-refractivity contribution in [2.24, 2.45) is 0 Å². The van der Waals surface area contributed by atoms with E-state index in [9.17, 15) is 0 Å². The molecule has 1 aromatic heterocycles. The monoisotopic (exact) mass is 191 g/mol. The summed E-state index contributed by atoms with van der Waals surface area (Å²) in [6.45, 7) is 6.26. The van der Waals surface area contributed by atoms with Gasteiger partial charge in [-0.05, 0) is 32.0 Å². The third-order valence-electron chi connectivity index (χ3n) is 1.83. The number of nitrogens with zero attached hydrogens (tertiary/aromatic N) is 2. The van der Waals surface area contributed by atoms with Crippen molar-refractivity contribution >= 4 is 6.08 Å². The Kier molecular flexibility index (Phi) is 4.86. The third kappa shape index (κ3) is 4.14. The summed E-state index contributed by atoms with van der Waals surface area (Å²) in [7, 11) is 0. The SMILES string of the molecule is CCCNCC(C)=Cc1ccncn1. The summed E-state index contributed by atoms with van der Waals surface area (Å²) in [5.41, 5.74) is 2.26. The number of nitrogens with one attached hydrogen (secondary N) is 1. The molecule has 0 spiro atoms. The molecule has 0 unspecified atom stereocenters. The summed E-state index contributed by atoms with van der Waals surface area (Å²) in [4.78, 5) is 8.00. The smallest absolute Gasteiger partial charge is 0.115 e. The summed E-state index contributed by atoms with van der Waals surface area (Å²) in [5, 5.41) is 3.34. The number of hydrogen-bond donors (Lipinski definition) is 1. The molecule has 1 N–H and O–H groups in total. The lowest BCUT2D eigenvalue weighted by Crippen LogP contribution is -2.16. The maximum atomic E-state index is 4.13. The second-order valence-electron chi connectivity index (χ2n) is 3.30.